The van der Waals surface area contributed by atoms with Gasteiger partial charge in [0.2, 0.25) is 0 Å². The molecule has 0 fully saturated rings. The van der Waals surface area contributed by atoms with Gasteiger partial charge >= 0.3 is 0 Å². The number of halogens is 1. The van der Waals surface area contributed by atoms with E-state index < -0.39 is 0 Å². The van der Waals surface area contributed by atoms with Gasteiger partial charge < -0.3 is 9.84 Å². The molecule has 0 saturated carbocycles. The van der Waals surface area contributed by atoms with Crippen molar-refractivity contribution in [2.75, 3.05) is 7.11 Å². The van der Waals surface area contributed by atoms with E-state index in [9.17, 15) is 9.90 Å². The summed E-state index contributed by atoms with van der Waals surface area (Å²) in [6.07, 6.45) is 3.34. The number of phenolic OH excluding ortho intramolecular Hbond substituents is 1. The number of phenols is 1. The molecule has 0 spiro atoms. The van der Waals surface area contributed by atoms with Gasteiger partial charge in [-0.1, -0.05) is 11.6 Å². The molecule has 0 bridgehead atoms. The molecule has 0 unspecified atom stereocenters. The number of hydrogen-bond acceptors (Lipinski definition) is 3. The molecule has 1 aromatic rings. The number of carbonyl (C=O) groups excluding carboxylic acids is 1. The SMILES string of the molecule is COc1cc(Cl)cc(/C=C/C=O)c1O. The van der Waals surface area contributed by atoms with E-state index in [1.165, 1.54) is 25.3 Å². The van der Waals surface area contributed by atoms with Crippen molar-refractivity contribution in [1.82, 2.24) is 0 Å². The number of allylic oxidation sites excluding steroid dienone is 1. The van der Waals surface area contributed by atoms with Crippen molar-refractivity contribution in [3.05, 3.63) is 28.8 Å². The number of ether oxygens (including phenoxy) is 1. The van der Waals surface area contributed by atoms with Crippen LogP contribution in [0.1, 0.15) is 5.56 Å². The Balaban J connectivity index is 3.21. The first-order valence-corrected chi connectivity index (χ1v) is 4.25. The number of benzene rings is 1. The van der Waals surface area contributed by atoms with E-state index in [0.29, 0.717) is 16.9 Å². The smallest absolute Gasteiger partial charge is 0.165 e. The van der Waals surface area contributed by atoms with Gasteiger partial charge in [0.25, 0.3) is 0 Å². The van der Waals surface area contributed by atoms with Gasteiger partial charge in [0, 0.05) is 16.7 Å². The van der Waals surface area contributed by atoms with Gasteiger partial charge in [-0.2, -0.15) is 0 Å². The molecule has 1 N–H and O–H groups in total. The highest BCUT2D eigenvalue weighted by molar-refractivity contribution is 6.31. The summed E-state index contributed by atoms with van der Waals surface area (Å²) in [6.45, 7) is 0. The van der Waals surface area contributed by atoms with E-state index in [2.05, 4.69) is 0 Å². The molecule has 0 atom stereocenters. The van der Waals surface area contributed by atoms with Crippen LogP contribution in [0, 0.1) is 0 Å². The summed E-state index contributed by atoms with van der Waals surface area (Å²) in [5.41, 5.74) is 0.446. The fourth-order valence-corrected chi connectivity index (χ4v) is 1.24. The van der Waals surface area contributed by atoms with E-state index in [1.807, 2.05) is 0 Å². The van der Waals surface area contributed by atoms with Gasteiger partial charge in [0.15, 0.2) is 11.5 Å². The van der Waals surface area contributed by atoms with E-state index in [4.69, 9.17) is 16.3 Å². The summed E-state index contributed by atoms with van der Waals surface area (Å²) in [6, 6.07) is 3.04. The molecule has 0 aliphatic rings. The van der Waals surface area contributed by atoms with Crippen LogP contribution in [0.2, 0.25) is 5.02 Å². The van der Waals surface area contributed by atoms with Crippen LogP contribution in [0.5, 0.6) is 11.5 Å². The maximum absolute atomic E-state index is 10.1. The molecular formula is C10H9ClO3. The molecule has 1 aromatic carbocycles. The highest BCUT2D eigenvalue weighted by atomic mass is 35.5. The Kier molecular flexibility index (Phi) is 3.54. The van der Waals surface area contributed by atoms with Crippen molar-refractivity contribution < 1.29 is 14.6 Å². The number of hydrogen-bond donors (Lipinski definition) is 1. The van der Waals surface area contributed by atoms with Crippen molar-refractivity contribution in [2.45, 2.75) is 0 Å². The maximum atomic E-state index is 10.1. The second-order valence-electron chi connectivity index (χ2n) is 2.54. The van der Waals surface area contributed by atoms with Crippen LogP contribution in [0.25, 0.3) is 6.08 Å². The van der Waals surface area contributed by atoms with Crippen molar-refractivity contribution in [3.63, 3.8) is 0 Å². The second kappa shape index (κ2) is 4.67. The van der Waals surface area contributed by atoms with Gasteiger partial charge in [0.05, 0.1) is 7.11 Å². The molecule has 0 saturated heterocycles. The fraction of sp³-hybridized carbons (Fsp3) is 0.100. The first-order chi connectivity index (χ1) is 6.69. The Morgan fingerprint density at radius 2 is 2.21 bits per heavy atom. The van der Waals surface area contributed by atoms with Gasteiger partial charge in [-0.3, -0.25) is 4.79 Å². The predicted octanol–water partition coefficient (Wildman–Crippen LogP) is 2.27. The lowest BCUT2D eigenvalue weighted by Crippen LogP contribution is -1.86. The number of methoxy groups -OCH3 is 1. The monoisotopic (exact) mass is 212 g/mol. The summed E-state index contributed by atoms with van der Waals surface area (Å²) in [5, 5.41) is 10.0. The standard InChI is InChI=1S/C10H9ClO3/c1-14-9-6-8(11)5-7(10(9)13)3-2-4-12/h2-6,13H,1H3/b3-2+. The second-order valence-corrected chi connectivity index (χ2v) is 2.98. The number of aldehydes is 1. The van der Waals surface area contributed by atoms with Gasteiger partial charge in [-0.15, -0.1) is 0 Å². The minimum Gasteiger partial charge on any atom is -0.504 e. The third kappa shape index (κ3) is 2.26. The third-order valence-electron chi connectivity index (χ3n) is 1.64. The molecule has 0 aromatic heterocycles. The Morgan fingerprint density at radius 1 is 1.50 bits per heavy atom. The average Bonchev–Trinajstić information content (AvgIpc) is 2.18. The Hall–Kier alpha value is -1.48. The molecule has 74 valence electrons. The van der Waals surface area contributed by atoms with Crippen molar-refractivity contribution >= 4 is 24.0 Å². The zero-order valence-corrected chi connectivity index (χ0v) is 8.28. The predicted molar refractivity (Wildman–Crippen MR) is 54.8 cm³/mol. The highest BCUT2D eigenvalue weighted by Crippen LogP contribution is 2.33. The molecule has 1 rings (SSSR count). The minimum atomic E-state index is -0.0324. The van der Waals surface area contributed by atoms with E-state index in [0.717, 1.165) is 0 Å². The third-order valence-corrected chi connectivity index (χ3v) is 1.86. The number of rotatable bonds is 3. The molecule has 0 heterocycles. The maximum Gasteiger partial charge on any atom is 0.165 e. The fourth-order valence-electron chi connectivity index (χ4n) is 1.02. The number of aromatic hydroxyl groups is 1. The molecule has 0 amide bonds. The van der Waals surface area contributed by atoms with E-state index >= 15 is 0 Å². The zero-order chi connectivity index (χ0) is 10.6. The minimum absolute atomic E-state index is 0.0324. The quantitative estimate of drug-likeness (QED) is 0.618. The summed E-state index contributed by atoms with van der Waals surface area (Å²) in [4.78, 5) is 10.1. The van der Waals surface area contributed by atoms with Crippen molar-refractivity contribution in [3.8, 4) is 11.5 Å². The van der Waals surface area contributed by atoms with E-state index in [1.54, 1.807) is 6.07 Å². The molecule has 0 aliphatic carbocycles. The molecule has 3 nitrogen and oxygen atoms in total. The first kappa shape index (κ1) is 10.6. The normalized spacial score (nSPS) is 10.4. The average molecular weight is 213 g/mol. The highest BCUT2D eigenvalue weighted by Gasteiger charge is 2.07. The summed E-state index contributed by atoms with van der Waals surface area (Å²) in [5.74, 6) is 0.248. The van der Waals surface area contributed by atoms with Crippen LogP contribution in [-0.4, -0.2) is 18.5 Å². The van der Waals surface area contributed by atoms with Gasteiger partial charge in [0.1, 0.15) is 6.29 Å². The van der Waals surface area contributed by atoms with Crippen LogP contribution in [0.3, 0.4) is 0 Å². The molecule has 0 aliphatic heterocycles. The Labute approximate surface area is 86.6 Å². The summed E-state index contributed by atoms with van der Waals surface area (Å²) < 4.78 is 4.89. The van der Waals surface area contributed by atoms with E-state index in [-0.39, 0.29) is 11.5 Å². The topological polar surface area (TPSA) is 46.5 Å². The van der Waals surface area contributed by atoms with Crippen molar-refractivity contribution in [1.29, 1.82) is 0 Å². The Bertz CT molecular complexity index is 372. The lowest BCUT2D eigenvalue weighted by atomic mass is 10.1. The van der Waals surface area contributed by atoms with Crippen LogP contribution in [0.15, 0.2) is 18.2 Å². The van der Waals surface area contributed by atoms with Crippen LogP contribution in [-0.2, 0) is 4.79 Å². The first-order valence-electron chi connectivity index (χ1n) is 3.87. The summed E-state index contributed by atoms with van der Waals surface area (Å²) in [7, 11) is 1.43. The number of carbonyl (C=O) groups is 1. The van der Waals surface area contributed by atoms with Gasteiger partial charge in [-0.25, -0.2) is 0 Å². The lowest BCUT2D eigenvalue weighted by molar-refractivity contribution is -0.104. The molecule has 14 heavy (non-hydrogen) atoms. The largest absolute Gasteiger partial charge is 0.504 e. The lowest BCUT2D eigenvalue weighted by Gasteiger charge is -2.06. The van der Waals surface area contributed by atoms with Crippen LogP contribution >= 0.6 is 11.6 Å². The van der Waals surface area contributed by atoms with Gasteiger partial charge in [-0.05, 0) is 18.2 Å². The molecule has 4 heteroatoms. The zero-order valence-electron chi connectivity index (χ0n) is 7.53. The molecule has 0 radical (unpaired) electrons. The Morgan fingerprint density at radius 3 is 2.79 bits per heavy atom. The summed E-state index contributed by atoms with van der Waals surface area (Å²) >= 11 is 5.77. The van der Waals surface area contributed by atoms with Crippen LogP contribution in [0.4, 0.5) is 0 Å². The van der Waals surface area contributed by atoms with Crippen molar-refractivity contribution in [2.24, 2.45) is 0 Å². The van der Waals surface area contributed by atoms with Crippen LogP contribution < -0.4 is 4.74 Å². The molecular weight excluding hydrogens is 204 g/mol.